The number of carbonyl (C=O) groups excluding carboxylic acids is 4. The lowest BCUT2D eigenvalue weighted by molar-refractivity contribution is 0.111. The SMILES string of the molecule is O=Cc1cc(C#Cc2ccc(C#Cc3cc(C=O)cc(C=O)c3)cc2)cc(C=O)c1. The van der Waals surface area contributed by atoms with Gasteiger partial charge >= 0.3 is 0 Å². The van der Waals surface area contributed by atoms with Crippen molar-refractivity contribution in [3.05, 3.63) is 105 Å². The summed E-state index contributed by atoms with van der Waals surface area (Å²) in [6.45, 7) is 0. The molecule has 0 spiro atoms. The van der Waals surface area contributed by atoms with Crippen LogP contribution in [0.25, 0.3) is 0 Å². The van der Waals surface area contributed by atoms with E-state index in [9.17, 15) is 19.2 Å². The zero-order valence-corrected chi connectivity index (χ0v) is 15.7. The van der Waals surface area contributed by atoms with Crippen LogP contribution in [0, 0.1) is 23.7 Å². The summed E-state index contributed by atoms with van der Waals surface area (Å²) in [5.74, 6) is 11.9. The number of carbonyl (C=O) groups is 4. The first-order valence-electron chi connectivity index (χ1n) is 8.88. The lowest BCUT2D eigenvalue weighted by Crippen LogP contribution is -1.88. The van der Waals surface area contributed by atoms with E-state index in [2.05, 4.69) is 23.7 Å². The molecule has 0 bridgehead atoms. The predicted octanol–water partition coefficient (Wildman–Crippen LogP) is 3.74. The average Bonchev–Trinajstić information content (AvgIpc) is 2.81. The average molecular weight is 390 g/mol. The first kappa shape index (κ1) is 20.2. The Bertz CT molecular complexity index is 1110. The lowest BCUT2D eigenvalue weighted by Gasteiger charge is -1.97. The maximum Gasteiger partial charge on any atom is 0.150 e. The topological polar surface area (TPSA) is 68.3 Å². The maximum atomic E-state index is 11.0. The molecule has 4 nitrogen and oxygen atoms in total. The quantitative estimate of drug-likeness (QED) is 0.503. The van der Waals surface area contributed by atoms with Crippen LogP contribution in [-0.2, 0) is 0 Å². The number of benzene rings is 3. The Morgan fingerprint density at radius 1 is 0.400 bits per heavy atom. The molecule has 0 aromatic heterocycles. The fraction of sp³-hybridized carbons (Fsp3) is 0. The number of rotatable bonds is 4. The van der Waals surface area contributed by atoms with Crippen molar-refractivity contribution in [3.8, 4) is 23.7 Å². The molecular weight excluding hydrogens is 376 g/mol. The molecule has 0 fully saturated rings. The molecule has 3 aromatic carbocycles. The van der Waals surface area contributed by atoms with E-state index in [0.29, 0.717) is 58.5 Å². The van der Waals surface area contributed by atoms with E-state index in [1.807, 2.05) is 0 Å². The van der Waals surface area contributed by atoms with Gasteiger partial charge < -0.3 is 0 Å². The van der Waals surface area contributed by atoms with Crippen LogP contribution in [0.4, 0.5) is 0 Å². The normalized spacial score (nSPS) is 9.33. The standard InChI is InChI=1S/C26H14O4/c27-15-23-9-21(10-24(13-23)16-28)7-5-19-1-2-20(4-3-19)6-8-22-11-25(17-29)14-26(12-22)18-30/h1-4,9-18H. The Morgan fingerprint density at radius 2 is 0.667 bits per heavy atom. The van der Waals surface area contributed by atoms with E-state index in [1.54, 1.807) is 48.5 Å². The van der Waals surface area contributed by atoms with E-state index >= 15 is 0 Å². The summed E-state index contributed by atoms with van der Waals surface area (Å²) in [5, 5.41) is 0. The molecule has 0 saturated carbocycles. The third-order valence-corrected chi connectivity index (χ3v) is 4.09. The van der Waals surface area contributed by atoms with Crippen LogP contribution in [0.15, 0.2) is 60.7 Å². The molecule has 0 amide bonds. The molecule has 0 radical (unpaired) electrons. The first-order chi connectivity index (χ1) is 14.6. The summed E-state index contributed by atoms with van der Waals surface area (Å²) >= 11 is 0. The van der Waals surface area contributed by atoms with Crippen molar-refractivity contribution in [1.82, 2.24) is 0 Å². The van der Waals surface area contributed by atoms with Gasteiger partial charge in [-0.05, 0) is 60.7 Å². The summed E-state index contributed by atoms with van der Waals surface area (Å²) in [4.78, 5) is 43.9. The summed E-state index contributed by atoms with van der Waals surface area (Å²) in [6.07, 6.45) is 2.70. The third-order valence-electron chi connectivity index (χ3n) is 4.09. The Hall–Kier alpha value is -4.54. The molecule has 0 heterocycles. The van der Waals surface area contributed by atoms with Crippen LogP contribution in [0.1, 0.15) is 63.7 Å². The lowest BCUT2D eigenvalue weighted by atomic mass is 10.1. The number of aldehydes is 4. The van der Waals surface area contributed by atoms with Crippen molar-refractivity contribution in [2.24, 2.45) is 0 Å². The molecule has 0 aliphatic carbocycles. The Morgan fingerprint density at radius 3 is 0.933 bits per heavy atom. The van der Waals surface area contributed by atoms with Crippen molar-refractivity contribution in [2.45, 2.75) is 0 Å². The minimum atomic E-state index is 0.394. The highest BCUT2D eigenvalue weighted by Crippen LogP contribution is 2.09. The molecule has 0 aliphatic heterocycles. The Labute approximate surface area is 173 Å². The van der Waals surface area contributed by atoms with Crippen molar-refractivity contribution >= 4 is 25.1 Å². The summed E-state index contributed by atoms with van der Waals surface area (Å²) in [6, 6.07) is 16.7. The molecule has 0 saturated heterocycles. The predicted molar refractivity (Wildman–Crippen MR) is 113 cm³/mol. The minimum absolute atomic E-state index is 0.394. The molecule has 30 heavy (non-hydrogen) atoms. The molecule has 3 aromatic rings. The van der Waals surface area contributed by atoms with Crippen molar-refractivity contribution < 1.29 is 19.2 Å². The molecule has 142 valence electrons. The molecule has 0 unspecified atom stereocenters. The van der Waals surface area contributed by atoms with Crippen LogP contribution in [0.5, 0.6) is 0 Å². The van der Waals surface area contributed by atoms with Gasteiger partial charge in [-0.1, -0.05) is 23.7 Å². The van der Waals surface area contributed by atoms with Gasteiger partial charge in [0.2, 0.25) is 0 Å². The second-order valence-electron chi connectivity index (χ2n) is 6.33. The van der Waals surface area contributed by atoms with Crippen LogP contribution in [0.2, 0.25) is 0 Å². The summed E-state index contributed by atoms with van der Waals surface area (Å²) in [5.41, 5.74) is 4.22. The van der Waals surface area contributed by atoms with Gasteiger partial charge in [0.25, 0.3) is 0 Å². The second-order valence-corrected chi connectivity index (χ2v) is 6.33. The Kier molecular flexibility index (Phi) is 6.46. The molecule has 0 aliphatic rings. The monoisotopic (exact) mass is 390 g/mol. The van der Waals surface area contributed by atoms with E-state index in [1.165, 1.54) is 12.1 Å². The van der Waals surface area contributed by atoms with Crippen molar-refractivity contribution in [2.75, 3.05) is 0 Å². The van der Waals surface area contributed by atoms with Crippen LogP contribution >= 0.6 is 0 Å². The highest BCUT2D eigenvalue weighted by molar-refractivity contribution is 5.84. The first-order valence-corrected chi connectivity index (χ1v) is 8.88. The van der Waals surface area contributed by atoms with E-state index in [4.69, 9.17) is 0 Å². The zero-order chi connectivity index (χ0) is 21.3. The van der Waals surface area contributed by atoms with Gasteiger partial charge in [0.1, 0.15) is 25.1 Å². The molecular formula is C26H14O4. The Balaban J connectivity index is 1.81. The van der Waals surface area contributed by atoms with E-state index < -0.39 is 0 Å². The third kappa shape index (κ3) is 5.25. The van der Waals surface area contributed by atoms with Gasteiger partial charge in [-0.15, -0.1) is 0 Å². The summed E-state index contributed by atoms with van der Waals surface area (Å²) < 4.78 is 0. The highest BCUT2D eigenvalue weighted by atomic mass is 16.1. The second kappa shape index (κ2) is 9.59. The smallest absolute Gasteiger partial charge is 0.150 e. The van der Waals surface area contributed by atoms with Crippen LogP contribution in [0.3, 0.4) is 0 Å². The zero-order valence-electron chi connectivity index (χ0n) is 15.7. The fourth-order valence-electron chi connectivity index (χ4n) is 2.70. The molecule has 0 atom stereocenters. The van der Waals surface area contributed by atoms with Crippen molar-refractivity contribution in [3.63, 3.8) is 0 Å². The van der Waals surface area contributed by atoms with Gasteiger partial charge in [-0.2, -0.15) is 0 Å². The van der Waals surface area contributed by atoms with Gasteiger partial charge in [0, 0.05) is 44.5 Å². The van der Waals surface area contributed by atoms with Crippen molar-refractivity contribution in [1.29, 1.82) is 0 Å². The maximum absolute atomic E-state index is 11.0. The van der Waals surface area contributed by atoms with E-state index in [0.717, 1.165) is 11.1 Å². The number of hydrogen-bond donors (Lipinski definition) is 0. The molecule has 0 N–H and O–H groups in total. The van der Waals surface area contributed by atoms with Crippen LogP contribution in [-0.4, -0.2) is 25.1 Å². The highest BCUT2D eigenvalue weighted by Gasteiger charge is 1.99. The summed E-state index contributed by atoms with van der Waals surface area (Å²) in [7, 11) is 0. The van der Waals surface area contributed by atoms with Gasteiger partial charge in [-0.25, -0.2) is 0 Å². The van der Waals surface area contributed by atoms with E-state index in [-0.39, 0.29) is 0 Å². The van der Waals surface area contributed by atoms with Gasteiger partial charge in [0.15, 0.2) is 0 Å². The van der Waals surface area contributed by atoms with Gasteiger partial charge in [-0.3, -0.25) is 19.2 Å². The molecule has 3 rings (SSSR count). The number of hydrogen-bond acceptors (Lipinski definition) is 4. The van der Waals surface area contributed by atoms with Crippen LogP contribution < -0.4 is 0 Å². The fourth-order valence-corrected chi connectivity index (χ4v) is 2.70. The largest absolute Gasteiger partial charge is 0.298 e. The molecule has 4 heteroatoms. The minimum Gasteiger partial charge on any atom is -0.298 e. The van der Waals surface area contributed by atoms with Gasteiger partial charge in [0.05, 0.1) is 0 Å².